The molecule has 26 heavy (non-hydrogen) atoms. The summed E-state index contributed by atoms with van der Waals surface area (Å²) in [6, 6.07) is 18.6. The van der Waals surface area contributed by atoms with E-state index in [-0.39, 0.29) is 11.1 Å². The predicted octanol–water partition coefficient (Wildman–Crippen LogP) is 3.71. The smallest absolute Gasteiger partial charge is 0.338 e. The number of carboxylic acids is 2. The fourth-order valence-electron chi connectivity index (χ4n) is 2.37. The van der Waals surface area contributed by atoms with E-state index in [1.165, 1.54) is 19.2 Å². The Labute approximate surface area is 149 Å². The van der Waals surface area contributed by atoms with E-state index in [0.717, 1.165) is 10.8 Å². The number of carboxylic acid groups (broad SMARTS) is 2. The highest BCUT2D eigenvalue weighted by Crippen LogP contribution is 2.17. The van der Waals surface area contributed by atoms with Gasteiger partial charge in [-0.1, -0.05) is 48.5 Å². The van der Waals surface area contributed by atoms with Crippen molar-refractivity contribution in [3.63, 3.8) is 0 Å². The van der Waals surface area contributed by atoms with Crippen molar-refractivity contribution in [1.82, 2.24) is 0 Å². The highest BCUT2D eigenvalue weighted by Gasteiger charge is 2.15. The molecule has 3 aromatic rings. The summed E-state index contributed by atoms with van der Waals surface area (Å²) in [5.74, 6) is -2.66. The lowest BCUT2D eigenvalue weighted by atomic mass is 10.1. The number of carbonyl (C=O) groups is 3. The fraction of sp³-hybridized carbons (Fsp3) is 0.0500. The van der Waals surface area contributed by atoms with Crippen LogP contribution >= 0.6 is 0 Å². The Hall–Kier alpha value is -3.67. The third kappa shape index (κ3) is 4.24. The van der Waals surface area contributed by atoms with E-state index in [9.17, 15) is 14.4 Å². The Bertz CT molecular complexity index is 956. The summed E-state index contributed by atoms with van der Waals surface area (Å²) >= 11 is 0. The van der Waals surface area contributed by atoms with Crippen molar-refractivity contribution < 1.29 is 29.3 Å². The molecular weight excluding hydrogens is 336 g/mol. The van der Waals surface area contributed by atoms with E-state index in [1.54, 1.807) is 24.3 Å². The average Bonchev–Trinajstić information content (AvgIpc) is 2.67. The van der Waals surface area contributed by atoms with Crippen LogP contribution in [0.4, 0.5) is 0 Å². The maximum absolute atomic E-state index is 11.1. The summed E-state index contributed by atoms with van der Waals surface area (Å²) in [5.41, 5.74) is 0.380. The topological polar surface area (TPSA) is 101 Å². The van der Waals surface area contributed by atoms with Gasteiger partial charge in [-0.05, 0) is 29.0 Å². The van der Waals surface area contributed by atoms with E-state index in [4.69, 9.17) is 10.2 Å². The molecule has 2 N–H and O–H groups in total. The van der Waals surface area contributed by atoms with Gasteiger partial charge in [0.05, 0.1) is 23.8 Å². The SMILES string of the molecule is COC(=O)c1ccccc1C(=O)O.O=C(O)c1cccc2ccccc12. The first-order valence-electron chi connectivity index (χ1n) is 7.57. The van der Waals surface area contributed by atoms with Gasteiger partial charge in [0.15, 0.2) is 0 Å². The summed E-state index contributed by atoms with van der Waals surface area (Å²) in [4.78, 5) is 32.5. The lowest BCUT2D eigenvalue weighted by Crippen LogP contribution is -2.09. The van der Waals surface area contributed by atoms with Crippen LogP contribution in [0.2, 0.25) is 0 Å². The minimum Gasteiger partial charge on any atom is -0.478 e. The molecule has 6 heteroatoms. The van der Waals surface area contributed by atoms with Gasteiger partial charge in [0.1, 0.15) is 0 Å². The average molecular weight is 352 g/mol. The number of benzene rings is 3. The van der Waals surface area contributed by atoms with Gasteiger partial charge in [0, 0.05) is 0 Å². The van der Waals surface area contributed by atoms with Crippen LogP contribution in [0.1, 0.15) is 31.1 Å². The molecule has 3 aromatic carbocycles. The minimum atomic E-state index is -1.14. The van der Waals surface area contributed by atoms with Crippen molar-refractivity contribution in [2.45, 2.75) is 0 Å². The van der Waals surface area contributed by atoms with Crippen molar-refractivity contribution in [3.05, 3.63) is 83.4 Å². The van der Waals surface area contributed by atoms with Gasteiger partial charge in [0.25, 0.3) is 0 Å². The second kappa shape index (κ2) is 8.43. The van der Waals surface area contributed by atoms with Crippen LogP contribution in [-0.4, -0.2) is 35.2 Å². The van der Waals surface area contributed by atoms with Crippen LogP contribution in [0.15, 0.2) is 66.7 Å². The maximum atomic E-state index is 11.1. The van der Waals surface area contributed by atoms with Gasteiger partial charge in [0.2, 0.25) is 0 Å². The van der Waals surface area contributed by atoms with Gasteiger partial charge in [-0.2, -0.15) is 0 Å². The standard InChI is InChI=1S/C11H8O2.C9H8O4/c12-11(13)10-7-3-5-8-4-1-2-6-9(8)10;1-13-9(12)7-5-3-2-4-6(7)8(10)11/h1-7H,(H,12,13);2-5H,1H3,(H,10,11). The van der Waals surface area contributed by atoms with Crippen LogP contribution in [0.5, 0.6) is 0 Å². The number of esters is 1. The zero-order valence-electron chi connectivity index (χ0n) is 13.9. The molecule has 0 atom stereocenters. The van der Waals surface area contributed by atoms with Crippen molar-refractivity contribution in [1.29, 1.82) is 0 Å². The molecular formula is C20H16O6. The lowest BCUT2D eigenvalue weighted by molar-refractivity contribution is 0.0582. The molecule has 0 saturated carbocycles. The van der Waals surface area contributed by atoms with Crippen molar-refractivity contribution in [3.8, 4) is 0 Å². The third-order valence-corrected chi connectivity index (χ3v) is 3.58. The molecule has 0 aliphatic heterocycles. The Morgan fingerprint density at radius 3 is 1.81 bits per heavy atom. The van der Waals surface area contributed by atoms with E-state index in [0.29, 0.717) is 5.56 Å². The molecule has 0 radical (unpaired) electrons. The molecule has 0 bridgehead atoms. The Morgan fingerprint density at radius 2 is 1.19 bits per heavy atom. The van der Waals surface area contributed by atoms with E-state index < -0.39 is 17.9 Å². The summed E-state index contributed by atoms with van der Waals surface area (Å²) in [5, 5.41) is 19.3. The van der Waals surface area contributed by atoms with Crippen LogP contribution < -0.4 is 0 Å². The zero-order chi connectivity index (χ0) is 19.1. The number of fused-ring (bicyclic) bond motifs is 1. The van der Waals surface area contributed by atoms with Gasteiger partial charge in [-0.25, -0.2) is 14.4 Å². The Balaban J connectivity index is 0.000000187. The summed E-state index contributed by atoms with van der Waals surface area (Å²) in [6.45, 7) is 0. The Morgan fingerprint density at radius 1 is 0.692 bits per heavy atom. The first-order valence-corrected chi connectivity index (χ1v) is 7.57. The molecule has 0 aliphatic rings. The zero-order valence-corrected chi connectivity index (χ0v) is 13.9. The number of carbonyl (C=O) groups excluding carboxylic acids is 1. The molecule has 0 spiro atoms. The van der Waals surface area contributed by atoms with Crippen LogP contribution in [-0.2, 0) is 4.74 Å². The highest BCUT2D eigenvalue weighted by atomic mass is 16.5. The van der Waals surface area contributed by atoms with Gasteiger partial charge < -0.3 is 14.9 Å². The molecule has 0 heterocycles. The largest absolute Gasteiger partial charge is 0.478 e. The minimum absolute atomic E-state index is 0.0469. The molecule has 0 amide bonds. The van der Waals surface area contributed by atoms with Crippen molar-refractivity contribution >= 4 is 28.7 Å². The lowest BCUT2D eigenvalue weighted by Gasteiger charge is -2.02. The number of hydrogen-bond donors (Lipinski definition) is 2. The van der Waals surface area contributed by atoms with Crippen LogP contribution in [0.25, 0.3) is 10.8 Å². The number of ether oxygens (including phenoxy) is 1. The van der Waals surface area contributed by atoms with Gasteiger partial charge in [-0.15, -0.1) is 0 Å². The molecule has 0 aromatic heterocycles. The van der Waals surface area contributed by atoms with E-state index in [2.05, 4.69) is 4.74 Å². The number of aromatic carboxylic acids is 2. The van der Waals surface area contributed by atoms with E-state index in [1.807, 2.05) is 30.3 Å². The van der Waals surface area contributed by atoms with Crippen LogP contribution in [0, 0.1) is 0 Å². The maximum Gasteiger partial charge on any atom is 0.338 e. The second-order valence-corrected chi connectivity index (χ2v) is 5.17. The number of methoxy groups -OCH3 is 1. The van der Waals surface area contributed by atoms with Gasteiger partial charge in [-0.3, -0.25) is 0 Å². The molecule has 0 saturated heterocycles. The predicted molar refractivity (Wildman–Crippen MR) is 95.6 cm³/mol. The molecule has 132 valence electrons. The summed E-state index contributed by atoms with van der Waals surface area (Å²) < 4.78 is 4.42. The van der Waals surface area contributed by atoms with Gasteiger partial charge >= 0.3 is 17.9 Å². The van der Waals surface area contributed by atoms with Crippen LogP contribution in [0.3, 0.4) is 0 Å². The summed E-state index contributed by atoms with van der Waals surface area (Å²) in [6.07, 6.45) is 0. The summed E-state index contributed by atoms with van der Waals surface area (Å²) in [7, 11) is 1.21. The Kier molecular flexibility index (Phi) is 6.06. The third-order valence-electron chi connectivity index (χ3n) is 3.58. The van der Waals surface area contributed by atoms with Crippen molar-refractivity contribution in [2.24, 2.45) is 0 Å². The molecule has 0 aliphatic carbocycles. The highest BCUT2D eigenvalue weighted by molar-refractivity contribution is 6.03. The molecule has 0 unspecified atom stereocenters. The normalized spacial score (nSPS) is 9.73. The first-order chi connectivity index (χ1) is 12.5. The molecule has 3 rings (SSSR count). The van der Waals surface area contributed by atoms with E-state index >= 15 is 0 Å². The monoisotopic (exact) mass is 352 g/mol. The quantitative estimate of drug-likeness (QED) is 0.697. The second-order valence-electron chi connectivity index (χ2n) is 5.17. The molecule has 0 fully saturated rings. The fourth-order valence-corrected chi connectivity index (χ4v) is 2.37. The number of rotatable bonds is 3. The molecule has 6 nitrogen and oxygen atoms in total. The first kappa shape index (κ1) is 18.7. The number of hydrogen-bond acceptors (Lipinski definition) is 4. The van der Waals surface area contributed by atoms with Crippen molar-refractivity contribution in [2.75, 3.05) is 7.11 Å².